The normalized spacial score (nSPS) is 10.5. The van der Waals surface area contributed by atoms with Gasteiger partial charge in [0, 0.05) is 24.3 Å². The molecule has 1 aromatic carbocycles. The van der Waals surface area contributed by atoms with Crippen molar-refractivity contribution < 1.29 is 4.74 Å². The quantitative estimate of drug-likeness (QED) is 0.928. The topological polar surface area (TPSA) is 48.1 Å². The average molecular weight is 267 g/mol. The Morgan fingerprint density at radius 2 is 2.20 bits per heavy atom. The second-order valence-corrected chi connectivity index (χ2v) is 3.90. The highest BCUT2D eigenvalue weighted by Gasteiger charge is 2.05. The molecule has 0 radical (unpaired) electrons. The Balaban J connectivity index is 2.45. The molecule has 0 amide bonds. The standard InChI is InChI=1S/C11H11BrN2O/c12-11-9-7-14-5-3-8(9)1-2-10(11)15-6-4-13/h1-3,5,7H,4,6,13H2. The van der Waals surface area contributed by atoms with Gasteiger partial charge in [0.05, 0.1) is 4.47 Å². The van der Waals surface area contributed by atoms with E-state index in [9.17, 15) is 0 Å². The lowest BCUT2D eigenvalue weighted by atomic mass is 10.2. The summed E-state index contributed by atoms with van der Waals surface area (Å²) in [6.45, 7) is 1.03. The van der Waals surface area contributed by atoms with Gasteiger partial charge in [0.1, 0.15) is 12.4 Å². The zero-order chi connectivity index (χ0) is 10.7. The minimum Gasteiger partial charge on any atom is -0.491 e. The van der Waals surface area contributed by atoms with Crippen molar-refractivity contribution in [3.63, 3.8) is 0 Å². The van der Waals surface area contributed by atoms with E-state index in [1.807, 2.05) is 24.4 Å². The van der Waals surface area contributed by atoms with Crippen LogP contribution in [0.1, 0.15) is 0 Å². The zero-order valence-corrected chi connectivity index (χ0v) is 9.70. The van der Waals surface area contributed by atoms with Crippen LogP contribution in [0, 0.1) is 0 Å². The number of hydrogen-bond acceptors (Lipinski definition) is 3. The maximum atomic E-state index is 5.49. The van der Waals surface area contributed by atoms with Crippen molar-refractivity contribution in [1.29, 1.82) is 0 Å². The van der Waals surface area contributed by atoms with Gasteiger partial charge in [0.25, 0.3) is 0 Å². The molecular formula is C11H11BrN2O. The van der Waals surface area contributed by atoms with Crippen molar-refractivity contribution in [1.82, 2.24) is 4.98 Å². The van der Waals surface area contributed by atoms with E-state index in [1.165, 1.54) is 0 Å². The zero-order valence-electron chi connectivity index (χ0n) is 8.11. The smallest absolute Gasteiger partial charge is 0.134 e. The monoisotopic (exact) mass is 266 g/mol. The van der Waals surface area contributed by atoms with Gasteiger partial charge in [0.15, 0.2) is 0 Å². The summed E-state index contributed by atoms with van der Waals surface area (Å²) < 4.78 is 6.43. The van der Waals surface area contributed by atoms with Crippen LogP contribution in [0.4, 0.5) is 0 Å². The van der Waals surface area contributed by atoms with Gasteiger partial charge in [-0.2, -0.15) is 0 Å². The van der Waals surface area contributed by atoms with Crippen LogP contribution in [0.3, 0.4) is 0 Å². The van der Waals surface area contributed by atoms with Crippen molar-refractivity contribution in [3.8, 4) is 5.75 Å². The van der Waals surface area contributed by atoms with E-state index >= 15 is 0 Å². The van der Waals surface area contributed by atoms with Gasteiger partial charge in [-0.25, -0.2) is 0 Å². The largest absolute Gasteiger partial charge is 0.491 e. The van der Waals surface area contributed by atoms with Gasteiger partial charge in [-0.1, -0.05) is 6.07 Å². The van der Waals surface area contributed by atoms with Crippen molar-refractivity contribution >= 4 is 26.7 Å². The molecule has 1 heterocycles. The predicted octanol–water partition coefficient (Wildman–Crippen LogP) is 2.33. The maximum Gasteiger partial charge on any atom is 0.134 e. The minimum absolute atomic E-state index is 0.511. The molecule has 0 unspecified atom stereocenters. The molecule has 15 heavy (non-hydrogen) atoms. The number of fused-ring (bicyclic) bond motifs is 1. The van der Waals surface area contributed by atoms with Crippen molar-refractivity contribution in [2.45, 2.75) is 0 Å². The number of rotatable bonds is 3. The Kier molecular flexibility index (Phi) is 3.18. The van der Waals surface area contributed by atoms with E-state index in [0.717, 1.165) is 21.0 Å². The van der Waals surface area contributed by atoms with Crippen molar-refractivity contribution in [3.05, 3.63) is 35.1 Å². The summed E-state index contributed by atoms with van der Waals surface area (Å²) in [5, 5.41) is 2.18. The molecule has 78 valence electrons. The molecule has 0 spiro atoms. The van der Waals surface area contributed by atoms with Crippen LogP contribution in [0.25, 0.3) is 10.8 Å². The summed E-state index contributed by atoms with van der Waals surface area (Å²) in [6.07, 6.45) is 3.59. The second-order valence-electron chi connectivity index (χ2n) is 3.11. The summed E-state index contributed by atoms with van der Waals surface area (Å²) in [7, 11) is 0. The highest BCUT2D eigenvalue weighted by atomic mass is 79.9. The van der Waals surface area contributed by atoms with Gasteiger partial charge in [0.2, 0.25) is 0 Å². The molecule has 0 fully saturated rings. The number of nitrogens with two attached hydrogens (primary N) is 1. The molecular weight excluding hydrogens is 256 g/mol. The van der Waals surface area contributed by atoms with Gasteiger partial charge < -0.3 is 10.5 Å². The van der Waals surface area contributed by atoms with Gasteiger partial charge in [-0.05, 0) is 33.4 Å². The molecule has 4 heteroatoms. The van der Waals surface area contributed by atoms with E-state index in [0.29, 0.717) is 13.2 Å². The molecule has 3 nitrogen and oxygen atoms in total. The van der Waals surface area contributed by atoms with Gasteiger partial charge in [-0.15, -0.1) is 0 Å². The number of nitrogens with zero attached hydrogens (tertiary/aromatic N) is 1. The second kappa shape index (κ2) is 4.59. The first-order valence-electron chi connectivity index (χ1n) is 4.68. The molecule has 1 aromatic heterocycles. The van der Waals surface area contributed by atoms with Gasteiger partial charge >= 0.3 is 0 Å². The van der Waals surface area contributed by atoms with E-state index in [2.05, 4.69) is 20.9 Å². The fraction of sp³-hybridized carbons (Fsp3) is 0.182. The summed E-state index contributed by atoms with van der Waals surface area (Å²) >= 11 is 3.51. The first-order valence-corrected chi connectivity index (χ1v) is 5.47. The first-order chi connectivity index (χ1) is 7.33. The maximum absolute atomic E-state index is 5.49. The molecule has 0 saturated heterocycles. The number of pyridine rings is 1. The molecule has 0 saturated carbocycles. The van der Waals surface area contributed by atoms with Crippen LogP contribution in [-0.2, 0) is 0 Å². The lowest BCUT2D eigenvalue weighted by Crippen LogP contribution is -2.10. The van der Waals surface area contributed by atoms with E-state index in [-0.39, 0.29) is 0 Å². The molecule has 2 rings (SSSR count). The van der Waals surface area contributed by atoms with Crippen LogP contribution in [0.15, 0.2) is 35.1 Å². The molecule has 2 N–H and O–H groups in total. The highest BCUT2D eigenvalue weighted by molar-refractivity contribution is 9.10. The number of benzene rings is 1. The van der Waals surface area contributed by atoms with Crippen LogP contribution < -0.4 is 10.5 Å². The molecule has 0 bridgehead atoms. The van der Waals surface area contributed by atoms with Crippen molar-refractivity contribution in [2.24, 2.45) is 5.73 Å². The minimum atomic E-state index is 0.511. The Labute approximate surface area is 96.4 Å². The molecule has 0 aliphatic rings. The van der Waals surface area contributed by atoms with E-state index < -0.39 is 0 Å². The summed E-state index contributed by atoms with van der Waals surface area (Å²) in [6, 6.07) is 5.91. The molecule has 0 atom stereocenters. The van der Waals surface area contributed by atoms with Gasteiger partial charge in [-0.3, -0.25) is 4.98 Å². The molecule has 0 aliphatic carbocycles. The predicted molar refractivity (Wildman–Crippen MR) is 64.0 cm³/mol. The van der Waals surface area contributed by atoms with E-state index in [4.69, 9.17) is 10.5 Å². The van der Waals surface area contributed by atoms with E-state index in [1.54, 1.807) is 6.20 Å². The van der Waals surface area contributed by atoms with Crippen molar-refractivity contribution in [2.75, 3.05) is 13.2 Å². The summed E-state index contributed by atoms with van der Waals surface area (Å²) in [4.78, 5) is 4.08. The average Bonchev–Trinajstić information content (AvgIpc) is 2.29. The summed E-state index contributed by atoms with van der Waals surface area (Å²) in [5.74, 6) is 0.806. The third-order valence-corrected chi connectivity index (χ3v) is 2.92. The number of hydrogen-bond donors (Lipinski definition) is 1. The summed E-state index contributed by atoms with van der Waals surface area (Å²) in [5.41, 5.74) is 5.39. The highest BCUT2D eigenvalue weighted by Crippen LogP contribution is 2.32. The third kappa shape index (κ3) is 2.11. The van der Waals surface area contributed by atoms with Crippen LogP contribution >= 0.6 is 15.9 Å². The van der Waals surface area contributed by atoms with Crippen LogP contribution in [0.5, 0.6) is 5.75 Å². The number of halogens is 1. The fourth-order valence-corrected chi connectivity index (χ4v) is 1.96. The first kappa shape index (κ1) is 10.4. The lowest BCUT2D eigenvalue weighted by Gasteiger charge is -2.08. The third-order valence-electron chi connectivity index (χ3n) is 2.10. The molecule has 0 aliphatic heterocycles. The Bertz CT molecular complexity index is 473. The number of ether oxygens (including phenoxy) is 1. The SMILES string of the molecule is NCCOc1ccc2ccncc2c1Br. The van der Waals surface area contributed by atoms with Crippen LogP contribution in [0.2, 0.25) is 0 Å². The number of aromatic nitrogens is 1. The van der Waals surface area contributed by atoms with Crippen LogP contribution in [-0.4, -0.2) is 18.1 Å². The Morgan fingerprint density at radius 1 is 1.33 bits per heavy atom. The Morgan fingerprint density at radius 3 is 3.00 bits per heavy atom. The Hall–Kier alpha value is -1.13. The fourth-order valence-electron chi connectivity index (χ4n) is 1.39. The lowest BCUT2D eigenvalue weighted by molar-refractivity contribution is 0.327. The molecule has 2 aromatic rings.